The summed E-state index contributed by atoms with van der Waals surface area (Å²) in [6, 6.07) is 22.1. The average Bonchev–Trinajstić information content (AvgIpc) is 2.77. The van der Waals surface area contributed by atoms with Gasteiger partial charge in [0, 0.05) is 10.9 Å². The smallest absolute Gasteiger partial charge is 0.244 e. The highest BCUT2D eigenvalue weighted by atomic mass is 79.9. The first-order valence-corrected chi connectivity index (χ1v) is 12.2. The lowest BCUT2D eigenvalue weighted by Gasteiger charge is -2.35. The van der Waals surface area contributed by atoms with E-state index in [4.69, 9.17) is 9.97 Å². The van der Waals surface area contributed by atoms with Gasteiger partial charge < -0.3 is 0 Å². The topological polar surface area (TPSA) is 63.2 Å². The van der Waals surface area contributed by atoms with Crippen LogP contribution in [0.25, 0.3) is 11.0 Å². The molecule has 5 rings (SSSR count). The van der Waals surface area contributed by atoms with Gasteiger partial charge in [-0.3, -0.25) is 0 Å². The summed E-state index contributed by atoms with van der Waals surface area (Å²) in [4.78, 5) is 9.86. The minimum atomic E-state index is -3.73. The summed E-state index contributed by atoms with van der Waals surface area (Å²) >= 11 is 3.52. The van der Waals surface area contributed by atoms with Gasteiger partial charge >= 0.3 is 0 Å². The van der Waals surface area contributed by atoms with Crippen molar-refractivity contribution in [1.82, 2.24) is 14.3 Å². The maximum atomic E-state index is 13.7. The molecule has 0 bridgehead atoms. The lowest BCUT2D eigenvalue weighted by atomic mass is 9.97. The minimum Gasteiger partial charge on any atom is -0.249 e. The fourth-order valence-electron chi connectivity index (χ4n) is 4.00. The Balaban J connectivity index is 1.66. The first-order chi connectivity index (χ1) is 14.9. The number of nitrogens with zero attached hydrogens (tertiary/aromatic N) is 3. The van der Waals surface area contributed by atoms with Gasteiger partial charge in [0.1, 0.15) is 0 Å². The number of halogens is 1. The number of sulfonamides is 1. The molecular weight excluding hydrogens is 474 g/mol. The van der Waals surface area contributed by atoms with Crippen LogP contribution in [0.5, 0.6) is 0 Å². The van der Waals surface area contributed by atoms with Gasteiger partial charge in [-0.1, -0.05) is 57.9 Å². The Bertz CT molecular complexity index is 1390. The normalized spacial score (nSPS) is 16.9. The van der Waals surface area contributed by atoms with Gasteiger partial charge in [0.15, 0.2) is 0 Å². The second kappa shape index (κ2) is 7.82. The molecule has 1 atom stereocenters. The number of rotatable bonds is 3. The van der Waals surface area contributed by atoms with Gasteiger partial charge in [0.05, 0.1) is 39.9 Å². The van der Waals surface area contributed by atoms with Crippen LogP contribution < -0.4 is 0 Å². The molecule has 2 heterocycles. The highest BCUT2D eigenvalue weighted by Gasteiger charge is 2.38. The van der Waals surface area contributed by atoms with Crippen molar-refractivity contribution in [3.05, 3.63) is 99.8 Å². The van der Waals surface area contributed by atoms with E-state index in [1.807, 2.05) is 67.6 Å². The third-order valence-electron chi connectivity index (χ3n) is 5.63. The molecule has 1 aliphatic heterocycles. The Morgan fingerprint density at radius 2 is 1.58 bits per heavy atom. The first-order valence-electron chi connectivity index (χ1n) is 10.0. The van der Waals surface area contributed by atoms with Crippen molar-refractivity contribution in [2.75, 3.05) is 0 Å². The Kier molecular flexibility index (Phi) is 5.12. The molecule has 0 N–H and O–H groups in total. The molecular formula is C24H20BrN3O2S. The standard InChI is InChI=1S/C24H20BrN3O2S/c1-16-9-11-19(12-10-16)31(29,30)28-15-23-22(26-20-7-2-3-8-21(20)27-23)14-24(28)17-5-4-6-18(25)13-17/h2-13,24H,14-15H2,1H3. The SMILES string of the molecule is Cc1ccc(S(=O)(=O)N2Cc3nc4ccccc4nc3CC2c2cccc(Br)c2)cc1. The van der Waals surface area contributed by atoms with Crippen LogP contribution >= 0.6 is 15.9 Å². The first kappa shape index (κ1) is 20.3. The molecule has 0 spiro atoms. The predicted molar refractivity (Wildman–Crippen MR) is 124 cm³/mol. The zero-order valence-corrected chi connectivity index (χ0v) is 19.3. The van der Waals surface area contributed by atoms with Crippen LogP contribution in [0, 0.1) is 6.92 Å². The average molecular weight is 494 g/mol. The number of fused-ring (bicyclic) bond motifs is 2. The van der Waals surface area contributed by atoms with Crippen LogP contribution in [-0.2, 0) is 23.0 Å². The van der Waals surface area contributed by atoms with E-state index >= 15 is 0 Å². The zero-order chi connectivity index (χ0) is 21.6. The summed E-state index contributed by atoms with van der Waals surface area (Å²) in [7, 11) is -3.73. The van der Waals surface area contributed by atoms with Crippen molar-refractivity contribution < 1.29 is 8.42 Å². The second-order valence-corrected chi connectivity index (χ2v) is 10.6. The lowest BCUT2D eigenvalue weighted by molar-refractivity contribution is 0.289. The van der Waals surface area contributed by atoms with Crippen LogP contribution in [0.1, 0.15) is 28.6 Å². The molecule has 7 heteroatoms. The zero-order valence-electron chi connectivity index (χ0n) is 16.9. The van der Waals surface area contributed by atoms with E-state index in [-0.39, 0.29) is 17.5 Å². The van der Waals surface area contributed by atoms with E-state index in [9.17, 15) is 8.42 Å². The van der Waals surface area contributed by atoms with Crippen molar-refractivity contribution >= 4 is 37.0 Å². The lowest BCUT2D eigenvalue weighted by Crippen LogP contribution is -2.39. The summed E-state index contributed by atoms with van der Waals surface area (Å²) < 4.78 is 29.9. The van der Waals surface area contributed by atoms with Crippen LogP contribution in [0.2, 0.25) is 0 Å². The summed E-state index contributed by atoms with van der Waals surface area (Å²) in [5.74, 6) is 0. The number of hydrogen-bond donors (Lipinski definition) is 0. The van der Waals surface area contributed by atoms with E-state index in [2.05, 4.69) is 15.9 Å². The Morgan fingerprint density at radius 3 is 2.26 bits per heavy atom. The van der Waals surface area contributed by atoms with Crippen molar-refractivity contribution in [3.63, 3.8) is 0 Å². The van der Waals surface area contributed by atoms with Gasteiger partial charge in [-0.15, -0.1) is 0 Å². The third-order valence-corrected chi connectivity index (χ3v) is 7.99. The van der Waals surface area contributed by atoms with Crippen LogP contribution in [0.3, 0.4) is 0 Å². The van der Waals surface area contributed by atoms with Gasteiger partial charge in [-0.05, 0) is 48.9 Å². The number of aromatic nitrogens is 2. The molecule has 1 unspecified atom stereocenters. The van der Waals surface area contributed by atoms with Gasteiger partial charge in [-0.2, -0.15) is 4.31 Å². The molecule has 0 saturated heterocycles. The largest absolute Gasteiger partial charge is 0.249 e. The maximum Gasteiger partial charge on any atom is 0.244 e. The summed E-state index contributed by atoms with van der Waals surface area (Å²) in [5.41, 5.74) is 5.09. The molecule has 1 aliphatic rings. The number of para-hydroxylation sites is 2. The summed E-state index contributed by atoms with van der Waals surface area (Å²) in [6.07, 6.45) is 0.467. The fourth-order valence-corrected chi connectivity index (χ4v) is 5.99. The monoisotopic (exact) mass is 493 g/mol. The molecule has 1 aromatic heterocycles. The molecule has 0 radical (unpaired) electrons. The number of aryl methyl sites for hydroxylation is 1. The highest BCUT2D eigenvalue weighted by molar-refractivity contribution is 9.10. The third kappa shape index (κ3) is 3.78. The molecule has 0 saturated carbocycles. The van der Waals surface area contributed by atoms with Crippen LogP contribution in [0.4, 0.5) is 0 Å². The van der Waals surface area contributed by atoms with Crippen molar-refractivity contribution in [2.45, 2.75) is 30.8 Å². The Hall–Kier alpha value is -2.61. The van der Waals surface area contributed by atoms with Crippen molar-refractivity contribution in [2.24, 2.45) is 0 Å². The highest BCUT2D eigenvalue weighted by Crippen LogP contribution is 2.37. The van der Waals surface area contributed by atoms with Crippen molar-refractivity contribution in [1.29, 1.82) is 0 Å². The van der Waals surface area contributed by atoms with E-state index in [0.717, 1.165) is 32.3 Å². The van der Waals surface area contributed by atoms with Gasteiger partial charge in [-0.25, -0.2) is 18.4 Å². The van der Waals surface area contributed by atoms with Crippen LogP contribution in [-0.4, -0.2) is 22.7 Å². The predicted octanol–water partition coefficient (Wildman–Crippen LogP) is 5.19. The molecule has 3 aromatic carbocycles. The van der Waals surface area contributed by atoms with Gasteiger partial charge in [0.25, 0.3) is 0 Å². The van der Waals surface area contributed by atoms with Gasteiger partial charge in [0.2, 0.25) is 10.0 Å². The quantitative estimate of drug-likeness (QED) is 0.393. The molecule has 156 valence electrons. The Morgan fingerprint density at radius 1 is 0.903 bits per heavy atom. The van der Waals surface area contributed by atoms with E-state index < -0.39 is 10.0 Å². The Labute approximate surface area is 190 Å². The van der Waals surface area contributed by atoms with E-state index in [1.165, 1.54) is 0 Å². The summed E-state index contributed by atoms with van der Waals surface area (Å²) in [6.45, 7) is 2.12. The van der Waals surface area contributed by atoms with Crippen molar-refractivity contribution in [3.8, 4) is 0 Å². The van der Waals surface area contributed by atoms with Crippen LogP contribution in [0.15, 0.2) is 82.2 Å². The number of hydrogen-bond acceptors (Lipinski definition) is 4. The minimum absolute atomic E-state index is 0.181. The molecule has 5 nitrogen and oxygen atoms in total. The molecule has 31 heavy (non-hydrogen) atoms. The maximum absolute atomic E-state index is 13.7. The fraction of sp³-hybridized carbons (Fsp3) is 0.167. The molecule has 0 amide bonds. The molecule has 4 aromatic rings. The second-order valence-electron chi connectivity index (χ2n) is 7.74. The van der Waals surface area contributed by atoms with E-state index in [1.54, 1.807) is 16.4 Å². The molecule has 0 aliphatic carbocycles. The van der Waals surface area contributed by atoms with E-state index in [0.29, 0.717) is 12.1 Å². The number of benzene rings is 3. The summed E-state index contributed by atoms with van der Waals surface area (Å²) in [5, 5.41) is 0. The molecule has 0 fully saturated rings.